The lowest BCUT2D eigenvalue weighted by Gasteiger charge is -2.14. The summed E-state index contributed by atoms with van der Waals surface area (Å²) in [5, 5.41) is 24.5. The SMILES string of the molecule is O=C1c2c(-c3ccccc3)/c(=C\C=Cc3c(-c4ccccc4)c4c([O-])n(-c5ccccc5)nc4[nH]c3=O)c(=O)[nH]c2=NN1c1ccccc1. The van der Waals surface area contributed by atoms with Crippen molar-refractivity contribution in [2.75, 3.05) is 5.01 Å². The van der Waals surface area contributed by atoms with Gasteiger partial charge in [0.25, 0.3) is 17.0 Å². The van der Waals surface area contributed by atoms with Crippen LogP contribution in [0.15, 0.2) is 142 Å². The molecule has 1 aliphatic rings. The van der Waals surface area contributed by atoms with Gasteiger partial charge in [-0.2, -0.15) is 5.01 Å². The maximum atomic E-state index is 13.9. The summed E-state index contributed by atoms with van der Waals surface area (Å²) in [5.41, 5.74) is 3.09. The molecule has 0 bridgehead atoms. The quantitative estimate of drug-likeness (QED) is 0.275. The molecular formula is C39H25N6O4-. The number of rotatable bonds is 6. The van der Waals surface area contributed by atoms with Crippen molar-refractivity contribution in [1.82, 2.24) is 19.7 Å². The number of carbonyl (C=O) groups is 1. The zero-order valence-electron chi connectivity index (χ0n) is 25.7. The van der Waals surface area contributed by atoms with Crippen molar-refractivity contribution < 1.29 is 9.90 Å². The third-order valence-corrected chi connectivity index (χ3v) is 8.33. The lowest BCUT2D eigenvalue weighted by molar-refractivity contribution is -0.275. The van der Waals surface area contributed by atoms with Crippen molar-refractivity contribution in [3.8, 4) is 33.8 Å². The number of aromatic nitrogens is 4. The first-order valence-electron chi connectivity index (χ1n) is 15.4. The van der Waals surface area contributed by atoms with Crippen LogP contribution >= 0.6 is 0 Å². The third kappa shape index (κ3) is 5.04. The number of H-pyrrole nitrogens is 2. The fourth-order valence-corrected chi connectivity index (χ4v) is 6.13. The number of amides is 1. The molecule has 49 heavy (non-hydrogen) atoms. The molecule has 0 fully saturated rings. The topological polar surface area (TPSA) is 139 Å². The molecule has 4 heterocycles. The van der Waals surface area contributed by atoms with Crippen molar-refractivity contribution in [3.05, 3.63) is 170 Å². The van der Waals surface area contributed by atoms with Gasteiger partial charge >= 0.3 is 0 Å². The Bertz CT molecular complexity index is 2660. The molecule has 2 N–H and O–H groups in total. The van der Waals surface area contributed by atoms with Crippen LogP contribution in [0.2, 0.25) is 0 Å². The molecule has 10 heteroatoms. The van der Waals surface area contributed by atoms with Gasteiger partial charge in [0.1, 0.15) is 0 Å². The highest BCUT2D eigenvalue weighted by Crippen LogP contribution is 2.35. The van der Waals surface area contributed by atoms with Gasteiger partial charge in [0, 0.05) is 33.2 Å². The summed E-state index contributed by atoms with van der Waals surface area (Å²) in [6, 6.07) is 36.2. The van der Waals surface area contributed by atoms with Crippen LogP contribution in [-0.2, 0) is 0 Å². The molecule has 0 radical (unpaired) electrons. The molecule has 7 aromatic rings. The second kappa shape index (κ2) is 11.9. The molecule has 0 spiro atoms. The van der Waals surface area contributed by atoms with Crippen LogP contribution < -0.4 is 31.9 Å². The number of hydrogen-bond acceptors (Lipinski definition) is 6. The van der Waals surface area contributed by atoms with E-state index < -0.39 is 11.1 Å². The van der Waals surface area contributed by atoms with E-state index in [1.807, 2.05) is 72.8 Å². The second-order valence-electron chi connectivity index (χ2n) is 11.3. The Morgan fingerprint density at radius 2 is 1.20 bits per heavy atom. The standard InChI is InChI=1S/C39H26N6O4/c46-36-28(30(24-14-5-1-6-15-24)32-34(40-36)42-44(38(32)48)26-18-9-3-10-19-26)22-13-23-29-31(25-16-7-2-8-17-25)33-35(41-37(29)47)43-45(39(33)49)27-20-11-4-12-21-27/h1-23,48H,(H,40,42,46)(H,41,43,47)/p-1/b22-13?,29-23+. The zero-order valence-corrected chi connectivity index (χ0v) is 25.7. The van der Waals surface area contributed by atoms with Crippen LogP contribution in [-0.4, -0.2) is 25.7 Å². The number of para-hydroxylation sites is 2. The zero-order chi connectivity index (χ0) is 33.5. The Morgan fingerprint density at radius 3 is 1.84 bits per heavy atom. The Labute approximate surface area is 277 Å². The molecule has 0 saturated carbocycles. The number of fused-ring (bicyclic) bond motifs is 2. The predicted octanol–water partition coefficient (Wildman–Crippen LogP) is 4.50. The number of allylic oxidation sites excluding steroid dienone is 1. The van der Waals surface area contributed by atoms with Crippen molar-refractivity contribution in [1.29, 1.82) is 0 Å². The summed E-state index contributed by atoms with van der Waals surface area (Å²) in [4.78, 5) is 46.7. The summed E-state index contributed by atoms with van der Waals surface area (Å²) in [5.74, 6) is -0.775. The van der Waals surface area contributed by atoms with Crippen molar-refractivity contribution in [2.45, 2.75) is 0 Å². The molecule has 0 atom stereocenters. The van der Waals surface area contributed by atoms with Gasteiger partial charge in [-0.3, -0.25) is 14.4 Å². The van der Waals surface area contributed by atoms with E-state index in [0.717, 1.165) is 0 Å². The van der Waals surface area contributed by atoms with Crippen LogP contribution in [0.3, 0.4) is 0 Å². The fraction of sp³-hybridized carbons (Fsp3) is 0. The molecule has 4 aromatic carbocycles. The first kappa shape index (κ1) is 29.3. The van der Waals surface area contributed by atoms with Crippen LogP contribution in [0.1, 0.15) is 15.9 Å². The number of carbonyl (C=O) groups excluding carboxylic acids is 1. The van der Waals surface area contributed by atoms with E-state index in [2.05, 4.69) is 20.2 Å². The van der Waals surface area contributed by atoms with Gasteiger partial charge in [0.05, 0.1) is 16.9 Å². The van der Waals surface area contributed by atoms with Crippen molar-refractivity contribution in [2.24, 2.45) is 5.10 Å². The summed E-state index contributed by atoms with van der Waals surface area (Å²) < 4.78 is 1.27. The number of benzene rings is 4. The minimum atomic E-state index is -0.465. The second-order valence-corrected chi connectivity index (χ2v) is 11.3. The minimum Gasteiger partial charge on any atom is -0.858 e. The molecule has 10 nitrogen and oxygen atoms in total. The maximum absolute atomic E-state index is 13.9. The maximum Gasteiger partial charge on any atom is 0.283 e. The smallest absolute Gasteiger partial charge is 0.283 e. The lowest BCUT2D eigenvalue weighted by Crippen LogP contribution is -2.38. The summed E-state index contributed by atoms with van der Waals surface area (Å²) in [7, 11) is 0. The van der Waals surface area contributed by atoms with Gasteiger partial charge in [-0.1, -0.05) is 103 Å². The summed E-state index contributed by atoms with van der Waals surface area (Å²) in [6.07, 6.45) is 4.69. The van der Waals surface area contributed by atoms with E-state index in [4.69, 9.17) is 0 Å². The van der Waals surface area contributed by atoms with Gasteiger partial charge in [-0.05, 0) is 47.5 Å². The van der Waals surface area contributed by atoms with Gasteiger partial charge < -0.3 is 15.1 Å². The Balaban J connectivity index is 1.33. The van der Waals surface area contributed by atoms with Gasteiger partial charge in [-0.25, -0.2) is 4.68 Å². The van der Waals surface area contributed by atoms with Crippen molar-refractivity contribution in [3.63, 3.8) is 0 Å². The highest BCUT2D eigenvalue weighted by Gasteiger charge is 2.30. The third-order valence-electron chi connectivity index (χ3n) is 8.33. The molecule has 3 aromatic heterocycles. The van der Waals surface area contributed by atoms with E-state index in [-0.39, 0.29) is 44.7 Å². The fourth-order valence-electron chi connectivity index (χ4n) is 6.13. The van der Waals surface area contributed by atoms with E-state index in [0.29, 0.717) is 33.6 Å². The number of nitrogens with zero attached hydrogens (tertiary/aromatic N) is 4. The molecule has 8 rings (SSSR count). The average molecular weight is 642 g/mol. The van der Waals surface area contributed by atoms with E-state index in [1.165, 1.54) is 9.69 Å². The Kier molecular flexibility index (Phi) is 7.15. The molecular weight excluding hydrogens is 616 g/mol. The predicted molar refractivity (Wildman–Crippen MR) is 187 cm³/mol. The number of aromatic amines is 2. The first-order chi connectivity index (χ1) is 24.0. The lowest BCUT2D eigenvalue weighted by atomic mass is 9.97. The largest absolute Gasteiger partial charge is 0.858 e. The van der Waals surface area contributed by atoms with Gasteiger partial charge in [0.2, 0.25) is 0 Å². The van der Waals surface area contributed by atoms with Gasteiger partial charge in [-0.15, -0.1) is 10.2 Å². The average Bonchev–Trinajstić information content (AvgIpc) is 3.64. The molecule has 0 unspecified atom stereocenters. The van der Waals surface area contributed by atoms with Crippen LogP contribution in [0, 0.1) is 0 Å². The summed E-state index contributed by atoms with van der Waals surface area (Å²) in [6.45, 7) is 0. The molecule has 0 aliphatic carbocycles. The van der Waals surface area contributed by atoms with Crippen LogP contribution in [0.25, 0.3) is 51.1 Å². The number of anilines is 1. The van der Waals surface area contributed by atoms with E-state index >= 15 is 0 Å². The van der Waals surface area contributed by atoms with Crippen LogP contribution in [0.4, 0.5) is 5.69 Å². The van der Waals surface area contributed by atoms with Crippen LogP contribution in [0.5, 0.6) is 5.88 Å². The highest BCUT2D eigenvalue weighted by atomic mass is 16.3. The Hall–Kier alpha value is -7.07. The first-order valence-corrected chi connectivity index (χ1v) is 15.4. The normalized spacial score (nSPS) is 12.9. The highest BCUT2D eigenvalue weighted by molar-refractivity contribution is 6.11. The number of hydrogen-bond donors (Lipinski definition) is 2. The Morgan fingerprint density at radius 1 is 0.633 bits per heavy atom. The van der Waals surface area contributed by atoms with Gasteiger partial charge in [0.15, 0.2) is 11.1 Å². The molecule has 0 saturated heterocycles. The van der Waals surface area contributed by atoms with Crippen molar-refractivity contribution >= 4 is 34.8 Å². The molecule has 236 valence electrons. The molecule has 1 aliphatic heterocycles. The summed E-state index contributed by atoms with van der Waals surface area (Å²) >= 11 is 0. The monoisotopic (exact) mass is 641 g/mol. The minimum absolute atomic E-state index is 0.158. The number of nitrogens with one attached hydrogen (secondary N) is 2. The van der Waals surface area contributed by atoms with E-state index in [1.54, 1.807) is 66.8 Å². The molecule has 1 amide bonds. The van der Waals surface area contributed by atoms with E-state index in [9.17, 15) is 19.5 Å². The number of pyridine rings is 2.